The second kappa shape index (κ2) is 7.14. The number of thiazole rings is 1. The zero-order chi connectivity index (χ0) is 16.3. The van der Waals surface area contributed by atoms with E-state index in [9.17, 15) is 8.42 Å². The number of hydrogen-bond donors (Lipinski definition) is 2. The number of aromatic nitrogens is 1. The van der Waals surface area contributed by atoms with Crippen molar-refractivity contribution in [3.05, 3.63) is 16.6 Å². The van der Waals surface area contributed by atoms with Crippen LogP contribution in [0, 0.1) is 5.41 Å². The van der Waals surface area contributed by atoms with Gasteiger partial charge in [-0.2, -0.15) is 0 Å². The molecule has 1 aromatic heterocycles. The summed E-state index contributed by atoms with van der Waals surface area (Å²) in [6, 6.07) is 0.589. The Morgan fingerprint density at radius 3 is 2.91 bits per heavy atom. The molecule has 130 valence electrons. The van der Waals surface area contributed by atoms with Crippen molar-refractivity contribution < 1.29 is 8.42 Å². The Bertz CT molecular complexity index is 597. The summed E-state index contributed by atoms with van der Waals surface area (Å²) in [5, 5.41) is 6.57. The molecule has 2 aliphatic rings. The highest BCUT2D eigenvalue weighted by atomic mass is 32.2. The van der Waals surface area contributed by atoms with Gasteiger partial charge in [-0.25, -0.2) is 18.1 Å². The minimum Gasteiger partial charge on any atom is -0.317 e. The zero-order valence-corrected chi connectivity index (χ0v) is 15.3. The number of rotatable bonds is 8. The highest BCUT2D eigenvalue weighted by Gasteiger charge is 2.56. The van der Waals surface area contributed by atoms with Crippen LogP contribution in [0.3, 0.4) is 0 Å². The van der Waals surface area contributed by atoms with Gasteiger partial charge in [0.2, 0.25) is 10.0 Å². The van der Waals surface area contributed by atoms with Gasteiger partial charge in [0, 0.05) is 17.6 Å². The fourth-order valence-corrected chi connectivity index (χ4v) is 5.07. The predicted molar refractivity (Wildman–Crippen MR) is 92.9 cm³/mol. The highest BCUT2D eigenvalue weighted by molar-refractivity contribution is 7.89. The Morgan fingerprint density at radius 1 is 1.48 bits per heavy atom. The topological polar surface area (TPSA) is 74.3 Å². The summed E-state index contributed by atoms with van der Waals surface area (Å²) in [6.07, 6.45) is 6.23. The maximum Gasteiger partial charge on any atom is 0.211 e. The van der Waals surface area contributed by atoms with Crippen LogP contribution in [0.2, 0.25) is 0 Å². The van der Waals surface area contributed by atoms with Crippen LogP contribution in [0.15, 0.2) is 11.6 Å². The Labute approximate surface area is 142 Å². The van der Waals surface area contributed by atoms with E-state index in [2.05, 4.69) is 19.9 Å². The van der Waals surface area contributed by atoms with Crippen LogP contribution < -0.4 is 10.0 Å². The van der Waals surface area contributed by atoms with Gasteiger partial charge < -0.3 is 5.32 Å². The van der Waals surface area contributed by atoms with E-state index < -0.39 is 10.0 Å². The fourth-order valence-electron chi connectivity index (χ4n) is 3.71. The molecule has 0 bridgehead atoms. The third-order valence-corrected chi connectivity index (χ3v) is 7.39. The van der Waals surface area contributed by atoms with E-state index in [1.807, 2.05) is 11.6 Å². The molecule has 1 unspecified atom stereocenters. The quantitative estimate of drug-likeness (QED) is 0.726. The van der Waals surface area contributed by atoms with Crippen molar-refractivity contribution in [2.45, 2.75) is 38.3 Å². The molecule has 8 heteroatoms. The Balaban J connectivity index is 1.60. The van der Waals surface area contributed by atoms with E-state index in [0.29, 0.717) is 17.9 Å². The second-order valence-electron chi connectivity index (χ2n) is 6.61. The molecule has 0 radical (unpaired) electrons. The van der Waals surface area contributed by atoms with Gasteiger partial charge in [-0.15, -0.1) is 11.3 Å². The van der Waals surface area contributed by atoms with Gasteiger partial charge in [-0.05, 0) is 57.8 Å². The molecule has 2 N–H and O–H groups in total. The molecule has 23 heavy (non-hydrogen) atoms. The number of nitrogens with one attached hydrogen (secondary N) is 2. The molecule has 1 aromatic rings. The van der Waals surface area contributed by atoms with Crippen LogP contribution in [0.1, 0.15) is 30.7 Å². The molecule has 1 aliphatic heterocycles. The predicted octanol–water partition coefficient (Wildman–Crippen LogP) is 1.03. The summed E-state index contributed by atoms with van der Waals surface area (Å²) in [7, 11) is -1.64. The third kappa shape index (κ3) is 4.30. The van der Waals surface area contributed by atoms with Crippen molar-refractivity contribution in [2.24, 2.45) is 5.41 Å². The Morgan fingerprint density at radius 2 is 2.26 bits per heavy atom. The Hall–Kier alpha value is -0.540. The lowest BCUT2D eigenvalue weighted by Crippen LogP contribution is -2.37. The first kappa shape index (κ1) is 17.3. The largest absolute Gasteiger partial charge is 0.317 e. The van der Waals surface area contributed by atoms with Crippen molar-refractivity contribution in [2.75, 3.05) is 32.4 Å². The van der Waals surface area contributed by atoms with Gasteiger partial charge in [-0.3, -0.25) is 4.90 Å². The molecule has 2 heterocycles. The molecule has 1 atom stereocenters. The molecule has 1 spiro atoms. The van der Waals surface area contributed by atoms with Crippen molar-refractivity contribution in [1.82, 2.24) is 19.9 Å². The average molecular weight is 359 g/mol. The first-order valence-corrected chi connectivity index (χ1v) is 10.8. The van der Waals surface area contributed by atoms with Gasteiger partial charge in [0.1, 0.15) is 5.01 Å². The third-order valence-electron chi connectivity index (χ3n) is 5.18. The van der Waals surface area contributed by atoms with Crippen LogP contribution in [-0.4, -0.2) is 56.8 Å². The summed E-state index contributed by atoms with van der Waals surface area (Å²) in [5.41, 5.74) is 0.463. The summed E-state index contributed by atoms with van der Waals surface area (Å²) in [5.74, 6) is 0.194. The summed E-state index contributed by atoms with van der Waals surface area (Å²) >= 11 is 1.68. The number of sulfonamides is 1. The smallest absolute Gasteiger partial charge is 0.211 e. The van der Waals surface area contributed by atoms with E-state index in [1.165, 1.54) is 26.3 Å². The molecule has 1 saturated carbocycles. The van der Waals surface area contributed by atoms with Crippen molar-refractivity contribution >= 4 is 21.4 Å². The van der Waals surface area contributed by atoms with E-state index in [4.69, 9.17) is 0 Å². The molecule has 0 amide bonds. The fraction of sp³-hybridized carbons (Fsp3) is 0.800. The lowest BCUT2D eigenvalue weighted by molar-refractivity contribution is 0.195. The summed E-state index contributed by atoms with van der Waals surface area (Å²) in [4.78, 5) is 6.87. The molecule has 3 rings (SSSR count). The molecule has 1 aliphatic carbocycles. The maximum atomic E-state index is 11.6. The van der Waals surface area contributed by atoms with Crippen LogP contribution in [0.5, 0.6) is 0 Å². The van der Waals surface area contributed by atoms with Gasteiger partial charge in [0.25, 0.3) is 0 Å². The maximum absolute atomic E-state index is 11.6. The SMILES string of the molecule is CNS(=O)(=O)CCCN(Cc1nccs1)C1CC12CCNCC2. The van der Waals surface area contributed by atoms with Crippen LogP contribution in [-0.2, 0) is 16.6 Å². The monoisotopic (exact) mass is 358 g/mol. The molecule has 2 fully saturated rings. The van der Waals surface area contributed by atoms with Crippen molar-refractivity contribution in [1.29, 1.82) is 0 Å². The van der Waals surface area contributed by atoms with Crippen LogP contribution >= 0.6 is 11.3 Å². The molecular formula is C15H26N4O2S2. The summed E-state index contributed by atoms with van der Waals surface area (Å²) < 4.78 is 25.7. The normalized spacial score (nSPS) is 23.5. The number of nitrogens with zero attached hydrogens (tertiary/aromatic N) is 2. The van der Waals surface area contributed by atoms with E-state index in [1.54, 1.807) is 11.3 Å². The first-order valence-electron chi connectivity index (χ1n) is 8.29. The summed E-state index contributed by atoms with van der Waals surface area (Å²) in [6.45, 7) is 3.88. The second-order valence-corrected chi connectivity index (χ2v) is 9.63. The minimum atomic E-state index is -3.12. The lowest BCUT2D eigenvalue weighted by atomic mass is 9.93. The Kier molecular flexibility index (Phi) is 5.37. The van der Waals surface area contributed by atoms with Crippen molar-refractivity contribution in [3.8, 4) is 0 Å². The van der Waals surface area contributed by atoms with E-state index in [-0.39, 0.29) is 5.75 Å². The van der Waals surface area contributed by atoms with Crippen molar-refractivity contribution in [3.63, 3.8) is 0 Å². The highest BCUT2D eigenvalue weighted by Crippen LogP contribution is 2.56. The molecule has 6 nitrogen and oxygen atoms in total. The van der Waals surface area contributed by atoms with E-state index >= 15 is 0 Å². The van der Waals surface area contributed by atoms with Gasteiger partial charge in [0.05, 0.1) is 12.3 Å². The molecular weight excluding hydrogens is 332 g/mol. The van der Waals surface area contributed by atoms with E-state index in [0.717, 1.165) is 31.2 Å². The van der Waals surface area contributed by atoms with Gasteiger partial charge >= 0.3 is 0 Å². The van der Waals surface area contributed by atoms with Gasteiger partial charge in [0.15, 0.2) is 0 Å². The molecule has 1 saturated heterocycles. The molecule has 0 aromatic carbocycles. The standard InChI is InChI=1S/C15H26N4O2S2/c1-16-23(20,21)10-2-8-19(12-14-18-7-9-22-14)13-11-15(13)3-5-17-6-4-15/h7,9,13,16-17H,2-6,8,10-12H2,1H3. The van der Waals surface area contributed by atoms with Gasteiger partial charge in [-0.1, -0.05) is 0 Å². The zero-order valence-electron chi connectivity index (χ0n) is 13.6. The van der Waals surface area contributed by atoms with Crippen LogP contribution in [0.4, 0.5) is 0 Å². The average Bonchev–Trinajstić information content (AvgIpc) is 2.97. The number of piperidine rings is 1. The van der Waals surface area contributed by atoms with Crippen LogP contribution in [0.25, 0.3) is 0 Å². The lowest BCUT2D eigenvalue weighted by Gasteiger charge is -2.29. The minimum absolute atomic E-state index is 0.194. The first-order chi connectivity index (χ1) is 11.0. The number of hydrogen-bond acceptors (Lipinski definition) is 6.